The molecule has 0 fully saturated rings. The minimum atomic E-state index is -1.17. The van der Waals surface area contributed by atoms with Crippen LogP contribution < -0.4 is 0 Å². The van der Waals surface area contributed by atoms with Gasteiger partial charge in [0.15, 0.2) is 11.6 Å². The van der Waals surface area contributed by atoms with Gasteiger partial charge in [-0.2, -0.15) is 0 Å². The Balaban J connectivity index is 1.34. The van der Waals surface area contributed by atoms with Crippen LogP contribution in [0, 0.1) is 11.8 Å². The van der Waals surface area contributed by atoms with Crippen LogP contribution >= 0.6 is 0 Å². The number of hydrogen-bond donors (Lipinski definition) is 2. The Bertz CT molecular complexity index is 1880. The molecule has 2 aromatic carbocycles. The molecule has 12 nitrogen and oxygen atoms in total. The normalized spacial score (nSPS) is 20.3. The van der Waals surface area contributed by atoms with Crippen LogP contribution in [0.15, 0.2) is 85.7 Å². The highest BCUT2D eigenvalue weighted by atomic mass is 16.5. The van der Waals surface area contributed by atoms with Gasteiger partial charge in [-0.25, -0.2) is 0 Å². The zero-order valence-electron chi connectivity index (χ0n) is 28.1. The average molecular weight is 689 g/mol. The molecule has 2 N–H and O–H groups in total. The summed E-state index contributed by atoms with van der Waals surface area (Å²) in [5.74, 6) is -6.28. The van der Waals surface area contributed by atoms with Crippen LogP contribution in [-0.2, 0) is 35.1 Å². The first-order chi connectivity index (χ1) is 24.7. The van der Waals surface area contributed by atoms with Gasteiger partial charge in [-0.1, -0.05) is 24.3 Å². The van der Waals surface area contributed by atoms with Crippen LogP contribution in [0.5, 0.6) is 11.5 Å². The minimum absolute atomic E-state index is 0.0843. The van der Waals surface area contributed by atoms with E-state index in [-0.39, 0.29) is 37.6 Å². The summed E-state index contributed by atoms with van der Waals surface area (Å²) in [7, 11) is 0. The van der Waals surface area contributed by atoms with Crippen molar-refractivity contribution in [1.29, 1.82) is 0 Å². The van der Waals surface area contributed by atoms with Gasteiger partial charge in [0.2, 0.25) is 0 Å². The zero-order chi connectivity index (χ0) is 36.1. The molecule has 2 aliphatic carbocycles. The Morgan fingerprint density at radius 2 is 1.12 bits per heavy atom. The fourth-order valence-electron chi connectivity index (χ4n) is 6.90. The summed E-state index contributed by atoms with van der Waals surface area (Å²) >= 11 is 0. The first-order valence-corrected chi connectivity index (χ1v) is 16.7. The SMILES string of the molecule is CCOC(=O)C1C(=O)C=C(c2cnccn2)CC1c1cc(Cc2ccc(O)c(C3CC(c4cnccn4)=CC(=O)C3C(=O)OCC)c2)ccc1O. The van der Waals surface area contributed by atoms with Crippen LogP contribution in [-0.4, -0.2) is 66.9 Å². The number of benzene rings is 2. The molecule has 2 heterocycles. The van der Waals surface area contributed by atoms with E-state index in [0.717, 1.165) is 11.1 Å². The van der Waals surface area contributed by atoms with Gasteiger partial charge in [0.05, 0.1) is 37.0 Å². The largest absolute Gasteiger partial charge is 0.508 e. The average Bonchev–Trinajstić information content (AvgIpc) is 3.13. The number of carbonyl (C=O) groups excluding carboxylic acids is 4. The van der Waals surface area contributed by atoms with Gasteiger partial charge in [-0.15, -0.1) is 0 Å². The minimum Gasteiger partial charge on any atom is -0.508 e. The number of aromatic nitrogens is 4. The number of nitrogens with zero attached hydrogens (tertiary/aromatic N) is 4. The summed E-state index contributed by atoms with van der Waals surface area (Å²) in [6.45, 7) is 3.50. The Labute approximate surface area is 293 Å². The lowest BCUT2D eigenvalue weighted by Gasteiger charge is -2.30. The lowest BCUT2D eigenvalue weighted by Crippen LogP contribution is -2.34. The second-order valence-electron chi connectivity index (χ2n) is 12.4. The van der Waals surface area contributed by atoms with Gasteiger partial charge < -0.3 is 19.7 Å². The highest BCUT2D eigenvalue weighted by Gasteiger charge is 2.42. The number of phenolic OH excluding ortho intramolecular Hbond substituents is 2. The third-order valence-corrected chi connectivity index (χ3v) is 9.19. The Kier molecular flexibility index (Phi) is 10.4. The fourth-order valence-corrected chi connectivity index (χ4v) is 6.90. The maximum atomic E-state index is 13.4. The molecule has 0 radical (unpaired) electrons. The molecule has 0 saturated heterocycles. The first kappa shape index (κ1) is 34.8. The second kappa shape index (κ2) is 15.2. The van der Waals surface area contributed by atoms with Crippen LogP contribution in [0.25, 0.3) is 11.1 Å². The molecule has 0 amide bonds. The Hall–Kier alpha value is -6.04. The third kappa shape index (κ3) is 7.45. The number of aromatic hydroxyl groups is 2. The molecule has 0 saturated carbocycles. The molecule has 51 heavy (non-hydrogen) atoms. The fraction of sp³-hybridized carbons (Fsp3) is 0.282. The van der Waals surface area contributed by atoms with Crippen molar-refractivity contribution in [2.45, 2.75) is 44.9 Å². The lowest BCUT2D eigenvalue weighted by molar-refractivity contribution is -0.153. The van der Waals surface area contributed by atoms with Crippen molar-refractivity contribution in [1.82, 2.24) is 19.9 Å². The van der Waals surface area contributed by atoms with Gasteiger partial charge in [-0.3, -0.25) is 39.1 Å². The maximum absolute atomic E-state index is 13.4. The molecular weight excluding hydrogens is 652 g/mol. The van der Waals surface area contributed by atoms with Gasteiger partial charge in [0, 0.05) is 36.6 Å². The number of phenols is 2. The Morgan fingerprint density at radius 3 is 1.49 bits per heavy atom. The molecule has 0 bridgehead atoms. The van der Waals surface area contributed by atoms with E-state index in [2.05, 4.69) is 19.9 Å². The van der Waals surface area contributed by atoms with E-state index in [4.69, 9.17) is 9.47 Å². The van der Waals surface area contributed by atoms with Gasteiger partial charge in [-0.05, 0) is 90.8 Å². The van der Waals surface area contributed by atoms with E-state index in [1.54, 1.807) is 38.1 Å². The summed E-state index contributed by atoms with van der Waals surface area (Å²) in [6.07, 6.45) is 12.7. The zero-order valence-corrected chi connectivity index (χ0v) is 28.1. The van der Waals surface area contributed by atoms with E-state index in [1.807, 2.05) is 0 Å². The Morgan fingerprint density at radius 1 is 0.686 bits per heavy atom. The summed E-state index contributed by atoms with van der Waals surface area (Å²) in [5, 5.41) is 22.2. The van der Waals surface area contributed by atoms with Crippen LogP contribution in [0.2, 0.25) is 0 Å². The second-order valence-corrected chi connectivity index (χ2v) is 12.4. The molecular formula is C39H36N4O8. The number of hydrogen-bond acceptors (Lipinski definition) is 12. The topological polar surface area (TPSA) is 179 Å². The van der Waals surface area contributed by atoms with Crippen molar-refractivity contribution in [3.8, 4) is 11.5 Å². The molecule has 260 valence electrons. The van der Waals surface area contributed by atoms with Crippen LogP contribution in [0.3, 0.4) is 0 Å². The number of rotatable bonds is 10. The van der Waals surface area contributed by atoms with Crippen LogP contribution in [0.1, 0.15) is 72.2 Å². The van der Waals surface area contributed by atoms with E-state index < -0.39 is 47.2 Å². The quantitative estimate of drug-likeness (QED) is 0.170. The first-order valence-electron chi connectivity index (χ1n) is 16.7. The molecule has 2 aliphatic rings. The van der Waals surface area contributed by atoms with E-state index in [0.29, 0.717) is 40.1 Å². The number of allylic oxidation sites excluding steroid dienone is 4. The van der Waals surface area contributed by atoms with E-state index in [1.165, 1.54) is 61.5 Å². The highest BCUT2D eigenvalue weighted by molar-refractivity contribution is 6.11. The molecule has 4 atom stereocenters. The van der Waals surface area contributed by atoms with Crippen molar-refractivity contribution >= 4 is 34.7 Å². The van der Waals surface area contributed by atoms with E-state index >= 15 is 0 Å². The van der Waals surface area contributed by atoms with Crippen molar-refractivity contribution in [2.24, 2.45) is 11.8 Å². The number of esters is 2. The molecule has 6 rings (SSSR count). The van der Waals surface area contributed by atoms with Gasteiger partial charge >= 0.3 is 11.9 Å². The van der Waals surface area contributed by atoms with Crippen molar-refractivity contribution in [3.63, 3.8) is 0 Å². The number of ether oxygens (including phenoxy) is 2. The van der Waals surface area contributed by atoms with Gasteiger partial charge in [0.1, 0.15) is 23.3 Å². The lowest BCUT2D eigenvalue weighted by atomic mass is 9.73. The summed E-state index contributed by atoms with van der Waals surface area (Å²) < 4.78 is 10.6. The predicted octanol–water partition coefficient (Wildman–Crippen LogP) is 4.91. The summed E-state index contributed by atoms with van der Waals surface area (Å²) in [5.41, 5.74) is 4.42. The maximum Gasteiger partial charge on any atom is 0.317 e. The van der Waals surface area contributed by atoms with Crippen LogP contribution in [0.4, 0.5) is 0 Å². The van der Waals surface area contributed by atoms with Crippen molar-refractivity contribution in [2.75, 3.05) is 13.2 Å². The summed E-state index contributed by atoms with van der Waals surface area (Å²) in [4.78, 5) is 70.0. The van der Waals surface area contributed by atoms with Gasteiger partial charge in [0.25, 0.3) is 0 Å². The van der Waals surface area contributed by atoms with Crippen molar-refractivity contribution in [3.05, 3.63) is 119 Å². The monoisotopic (exact) mass is 688 g/mol. The molecule has 12 heteroatoms. The summed E-state index contributed by atoms with van der Waals surface area (Å²) in [6, 6.07) is 10.0. The predicted molar refractivity (Wildman–Crippen MR) is 184 cm³/mol. The van der Waals surface area contributed by atoms with E-state index in [9.17, 15) is 29.4 Å². The number of carbonyl (C=O) groups is 4. The molecule has 4 aromatic rings. The molecule has 2 aromatic heterocycles. The highest BCUT2D eigenvalue weighted by Crippen LogP contribution is 2.45. The molecule has 0 aliphatic heterocycles. The smallest absolute Gasteiger partial charge is 0.317 e. The molecule has 4 unspecified atom stereocenters. The standard InChI is InChI=1S/C39H36N4O8/c1-3-50-38(48)36-28(16-24(18-34(36)46)30-20-40-9-11-42-30)26-14-22(5-7-32(26)44)13-23-6-8-33(45)27(15-23)29-17-25(31-21-41-10-12-43-31)19-35(47)37(29)39(49)51-4-2/h5-12,14-15,18-21,28-29,36-37,44-45H,3-4,13,16-17H2,1-2H3. The number of ketones is 2. The third-order valence-electron chi connectivity index (χ3n) is 9.19. The van der Waals surface area contributed by atoms with Crippen molar-refractivity contribution < 1.29 is 38.9 Å². The molecule has 0 spiro atoms.